The predicted octanol–water partition coefficient (Wildman–Crippen LogP) is 2.84. The maximum atomic E-state index is 4.39. The van der Waals surface area contributed by atoms with Crippen molar-refractivity contribution in [1.29, 1.82) is 0 Å². The molecular formula is C14H18IN3. The van der Waals surface area contributed by atoms with Gasteiger partial charge in [0.05, 0.1) is 5.69 Å². The van der Waals surface area contributed by atoms with Crippen LogP contribution in [0.2, 0.25) is 0 Å². The number of hydrogen-bond acceptors (Lipinski definition) is 2. The van der Waals surface area contributed by atoms with Crippen molar-refractivity contribution in [3.05, 3.63) is 50.9 Å². The van der Waals surface area contributed by atoms with Crippen LogP contribution in [0.5, 0.6) is 0 Å². The van der Waals surface area contributed by atoms with Gasteiger partial charge in [-0.1, -0.05) is 12.1 Å². The zero-order valence-corrected chi connectivity index (χ0v) is 13.1. The smallest absolute Gasteiger partial charge is 0.0596 e. The first-order valence-corrected chi connectivity index (χ1v) is 7.10. The molecule has 1 unspecified atom stereocenters. The van der Waals surface area contributed by atoms with E-state index in [1.807, 2.05) is 25.7 Å². The summed E-state index contributed by atoms with van der Waals surface area (Å²) in [5, 5.41) is 7.77. The Bertz CT molecular complexity index is 516. The number of hydrogen-bond donors (Lipinski definition) is 1. The van der Waals surface area contributed by atoms with E-state index in [9.17, 15) is 0 Å². The first-order valence-electron chi connectivity index (χ1n) is 6.02. The molecule has 1 heterocycles. The number of benzene rings is 1. The molecular weight excluding hydrogens is 337 g/mol. The molecule has 96 valence electrons. The molecule has 0 fully saturated rings. The number of nitrogens with one attached hydrogen (secondary N) is 1. The van der Waals surface area contributed by atoms with Crippen LogP contribution >= 0.6 is 22.6 Å². The van der Waals surface area contributed by atoms with Gasteiger partial charge in [-0.2, -0.15) is 5.10 Å². The fourth-order valence-corrected chi connectivity index (χ4v) is 2.51. The maximum Gasteiger partial charge on any atom is 0.0596 e. The lowest BCUT2D eigenvalue weighted by molar-refractivity contribution is 0.561. The molecule has 1 atom stereocenters. The predicted molar refractivity (Wildman–Crippen MR) is 82.6 cm³/mol. The largest absolute Gasteiger partial charge is 0.313 e. The van der Waals surface area contributed by atoms with Crippen molar-refractivity contribution in [3.8, 4) is 0 Å². The fraction of sp³-hybridized carbons (Fsp3) is 0.357. The molecule has 0 radical (unpaired) electrons. The third-order valence-electron chi connectivity index (χ3n) is 3.13. The minimum absolute atomic E-state index is 0.330. The normalized spacial score (nSPS) is 12.7. The number of aryl methyl sites for hydroxylation is 2. The number of aromatic nitrogens is 2. The van der Waals surface area contributed by atoms with Crippen LogP contribution in [0, 0.1) is 10.5 Å². The quantitative estimate of drug-likeness (QED) is 0.855. The zero-order chi connectivity index (χ0) is 13.1. The van der Waals surface area contributed by atoms with E-state index in [0.29, 0.717) is 6.04 Å². The van der Waals surface area contributed by atoms with Gasteiger partial charge in [-0.15, -0.1) is 0 Å². The Morgan fingerprint density at radius 2 is 2.00 bits per heavy atom. The topological polar surface area (TPSA) is 29.9 Å². The lowest BCUT2D eigenvalue weighted by Gasteiger charge is -2.16. The van der Waals surface area contributed by atoms with Crippen molar-refractivity contribution in [2.24, 2.45) is 7.05 Å². The lowest BCUT2D eigenvalue weighted by atomic mass is 10.0. The highest BCUT2D eigenvalue weighted by Crippen LogP contribution is 2.19. The van der Waals surface area contributed by atoms with Crippen molar-refractivity contribution >= 4 is 22.6 Å². The van der Waals surface area contributed by atoms with Gasteiger partial charge in [0.1, 0.15) is 0 Å². The SMILES string of the molecule is CNC(Cc1cc(C)nn1C)c1ccc(I)cc1. The molecule has 0 spiro atoms. The lowest BCUT2D eigenvalue weighted by Crippen LogP contribution is -2.20. The van der Waals surface area contributed by atoms with E-state index in [0.717, 1.165) is 12.1 Å². The van der Waals surface area contributed by atoms with Gasteiger partial charge in [0.2, 0.25) is 0 Å². The first kappa shape index (κ1) is 13.5. The Balaban J connectivity index is 2.19. The van der Waals surface area contributed by atoms with E-state index in [1.54, 1.807) is 0 Å². The summed E-state index contributed by atoms with van der Waals surface area (Å²) in [5.74, 6) is 0. The molecule has 0 aliphatic carbocycles. The van der Waals surface area contributed by atoms with E-state index in [-0.39, 0.29) is 0 Å². The molecule has 1 N–H and O–H groups in total. The highest BCUT2D eigenvalue weighted by molar-refractivity contribution is 14.1. The van der Waals surface area contributed by atoms with Gasteiger partial charge < -0.3 is 5.32 Å². The summed E-state index contributed by atoms with van der Waals surface area (Å²) >= 11 is 2.33. The Labute approximate surface area is 122 Å². The highest BCUT2D eigenvalue weighted by Gasteiger charge is 2.12. The molecule has 0 bridgehead atoms. The van der Waals surface area contributed by atoms with E-state index in [1.165, 1.54) is 14.8 Å². The summed E-state index contributed by atoms with van der Waals surface area (Å²) in [6, 6.07) is 11.1. The van der Waals surface area contributed by atoms with Crippen molar-refractivity contribution in [3.63, 3.8) is 0 Å². The maximum absolute atomic E-state index is 4.39. The summed E-state index contributed by atoms with van der Waals surface area (Å²) in [6.07, 6.45) is 0.953. The van der Waals surface area contributed by atoms with Crippen LogP contribution in [0.3, 0.4) is 0 Å². The van der Waals surface area contributed by atoms with E-state index < -0.39 is 0 Å². The Hall–Kier alpha value is -0.880. The molecule has 18 heavy (non-hydrogen) atoms. The summed E-state index contributed by atoms with van der Waals surface area (Å²) < 4.78 is 3.23. The van der Waals surface area contributed by atoms with Gasteiger partial charge >= 0.3 is 0 Å². The molecule has 2 aromatic rings. The molecule has 1 aromatic carbocycles. The minimum atomic E-state index is 0.330. The van der Waals surface area contributed by atoms with Crippen LogP contribution in [-0.2, 0) is 13.5 Å². The zero-order valence-electron chi connectivity index (χ0n) is 10.9. The standard InChI is InChI=1S/C14H18IN3/c1-10-8-13(18(3)17-10)9-14(16-2)11-4-6-12(15)7-5-11/h4-8,14,16H,9H2,1-3H3. The number of likely N-dealkylation sites (N-methyl/N-ethyl adjacent to an activating group) is 1. The van der Waals surface area contributed by atoms with Crippen LogP contribution in [0.1, 0.15) is 23.0 Å². The monoisotopic (exact) mass is 355 g/mol. The van der Waals surface area contributed by atoms with Gasteiger partial charge in [-0.25, -0.2) is 0 Å². The van der Waals surface area contributed by atoms with Gasteiger partial charge in [-0.3, -0.25) is 4.68 Å². The van der Waals surface area contributed by atoms with Crippen LogP contribution in [0.25, 0.3) is 0 Å². The van der Waals surface area contributed by atoms with Crippen molar-refractivity contribution in [1.82, 2.24) is 15.1 Å². The molecule has 2 rings (SSSR count). The number of halogens is 1. The minimum Gasteiger partial charge on any atom is -0.313 e. The molecule has 0 aliphatic heterocycles. The van der Waals surface area contributed by atoms with E-state index in [2.05, 4.69) is 63.3 Å². The molecule has 0 saturated carbocycles. The van der Waals surface area contributed by atoms with Crippen LogP contribution in [-0.4, -0.2) is 16.8 Å². The Morgan fingerprint density at radius 3 is 2.50 bits per heavy atom. The van der Waals surface area contributed by atoms with Crippen molar-refractivity contribution in [2.75, 3.05) is 7.05 Å². The average molecular weight is 355 g/mol. The van der Waals surface area contributed by atoms with Crippen LogP contribution in [0.15, 0.2) is 30.3 Å². The number of nitrogens with zero attached hydrogens (tertiary/aromatic N) is 2. The Kier molecular flexibility index (Phi) is 4.40. The highest BCUT2D eigenvalue weighted by atomic mass is 127. The second kappa shape index (κ2) is 5.84. The molecule has 3 nitrogen and oxygen atoms in total. The van der Waals surface area contributed by atoms with Crippen LogP contribution < -0.4 is 5.32 Å². The summed E-state index contributed by atoms with van der Waals surface area (Å²) in [6.45, 7) is 2.03. The molecule has 4 heteroatoms. The molecule has 0 amide bonds. The number of rotatable bonds is 4. The van der Waals surface area contributed by atoms with Crippen molar-refractivity contribution < 1.29 is 0 Å². The van der Waals surface area contributed by atoms with Gasteiger partial charge in [0.25, 0.3) is 0 Å². The van der Waals surface area contributed by atoms with Gasteiger partial charge in [-0.05, 0) is 60.3 Å². The van der Waals surface area contributed by atoms with Gasteiger partial charge in [0, 0.05) is 28.8 Å². The Morgan fingerprint density at radius 1 is 1.33 bits per heavy atom. The average Bonchev–Trinajstić information content (AvgIpc) is 2.66. The van der Waals surface area contributed by atoms with Crippen LogP contribution in [0.4, 0.5) is 0 Å². The van der Waals surface area contributed by atoms with Crippen molar-refractivity contribution in [2.45, 2.75) is 19.4 Å². The summed E-state index contributed by atoms with van der Waals surface area (Å²) in [5.41, 5.74) is 3.65. The fourth-order valence-electron chi connectivity index (χ4n) is 2.15. The second-order valence-electron chi connectivity index (χ2n) is 4.50. The first-order chi connectivity index (χ1) is 8.60. The van der Waals surface area contributed by atoms with Gasteiger partial charge in [0.15, 0.2) is 0 Å². The summed E-state index contributed by atoms with van der Waals surface area (Å²) in [4.78, 5) is 0. The van der Waals surface area contributed by atoms with E-state index >= 15 is 0 Å². The molecule has 0 saturated heterocycles. The summed E-state index contributed by atoms with van der Waals surface area (Å²) in [7, 11) is 4.01. The molecule has 1 aromatic heterocycles. The third kappa shape index (κ3) is 3.11. The molecule has 0 aliphatic rings. The third-order valence-corrected chi connectivity index (χ3v) is 3.85. The second-order valence-corrected chi connectivity index (χ2v) is 5.74. The van der Waals surface area contributed by atoms with E-state index in [4.69, 9.17) is 0 Å².